The van der Waals surface area contributed by atoms with Crippen LogP contribution in [0.4, 0.5) is 10.5 Å². The molecule has 0 spiro atoms. The summed E-state index contributed by atoms with van der Waals surface area (Å²) in [4.78, 5) is 38.4. The summed E-state index contributed by atoms with van der Waals surface area (Å²) in [5.41, 5.74) is 4.21. The van der Waals surface area contributed by atoms with E-state index in [1.54, 1.807) is 18.0 Å². The number of aromatic nitrogens is 3. The Bertz CT molecular complexity index is 1230. The third-order valence-electron chi connectivity index (χ3n) is 5.21. The SMILES string of the molecule is CC(=O)N1CCOc2ccc(-c3nc(CNC(=O)OC(C)(C)C)[nH]c3-c3ccnc(C)c3)cc21. The van der Waals surface area contributed by atoms with E-state index in [1.807, 2.05) is 58.0 Å². The van der Waals surface area contributed by atoms with Crippen LogP contribution < -0.4 is 15.0 Å². The van der Waals surface area contributed by atoms with Crippen LogP contribution in [0.15, 0.2) is 36.5 Å². The molecule has 2 amide bonds. The minimum Gasteiger partial charge on any atom is -0.490 e. The van der Waals surface area contributed by atoms with E-state index in [0.717, 1.165) is 22.5 Å². The van der Waals surface area contributed by atoms with Crippen molar-refractivity contribution in [2.24, 2.45) is 0 Å². The monoisotopic (exact) mass is 463 g/mol. The molecule has 2 N–H and O–H groups in total. The molecular weight excluding hydrogens is 434 g/mol. The summed E-state index contributed by atoms with van der Waals surface area (Å²) in [5, 5.41) is 2.74. The predicted octanol–water partition coefficient (Wildman–Crippen LogP) is 4.22. The van der Waals surface area contributed by atoms with Crippen LogP contribution in [0, 0.1) is 6.92 Å². The van der Waals surface area contributed by atoms with E-state index >= 15 is 0 Å². The summed E-state index contributed by atoms with van der Waals surface area (Å²) in [5.74, 6) is 1.19. The van der Waals surface area contributed by atoms with Crippen molar-refractivity contribution in [1.29, 1.82) is 0 Å². The second-order valence-electron chi connectivity index (χ2n) is 9.15. The fourth-order valence-corrected chi connectivity index (χ4v) is 3.79. The molecule has 0 aliphatic carbocycles. The van der Waals surface area contributed by atoms with E-state index in [1.165, 1.54) is 0 Å². The lowest BCUT2D eigenvalue weighted by Gasteiger charge is -2.29. The summed E-state index contributed by atoms with van der Waals surface area (Å²) >= 11 is 0. The van der Waals surface area contributed by atoms with Gasteiger partial charge in [-0.25, -0.2) is 9.78 Å². The fourth-order valence-electron chi connectivity index (χ4n) is 3.79. The lowest BCUT2D eigenvalue weighted by molar-refractivity contribution is -0.116. The highest BCUT2D eigenvalue weighted by Crippen LogP contribution is 2.38. The maximum absolute atomic E-state index is 12.2. The number of rotatable bonds is 4. The molecule has 9 nitrogen and oxygen atoms in total. The largest absolute Gasteiger partial charge is 0.490 e. The molecule has 1 aromatic carbocycles. The molecule has 0 atom stereocenters. The molecule has 178 valence electrons. The van der Waals surface area contributed by atoms with Crippen molar-refractivity contribution in [3.05, 3.63) is 48.0 Å². The number of H-pyrrole nitrogens is 1. The number of benzene rings is 1. The second-order valence-corrected chi connectivity index (χ2v) is 9.15. The molecule has 0 fully saturated rings. The minimum atomic E-state index is -0.591. The molecule has 0 saturated heterocycles. The molecule has 3 heterocycles. The van der Waals surface area contributed by atoms with Gasteiger partial charge in [0.1, 0.15) is 23.8 Å². The number of amides is 2. The number of fused-ring (bicyclic) bond motifs is 1. The number of alkyl carbamates (subject to hydrolysis) is 1. The van der Waals surface area contributed by atoms with Crippen molar-refractivity contribution in [3.8, 4) is 28.3 Å². The molecule has 0 radical (unpaired) electrons. The van der Waals surface area contributed by atoms with Gasteiger partial charge in [-0.1, -0.05) is 0 Å². The van der Waals surface area contributed by atoms with Gasteiger partial charge in [-0.3, -0.25) is 9.78 Å². The van der Waals surface area contributed by atoms with Gasteiger partial charge in [0.05, 0.1) is 30.2 Å². The number of nitrogens with zero attached hydrogens (tertiary/aromatic N) is 3. The van der Waals surface area contributed by atoms with E-state index < -0.39 is 11.7 Å². The van der Waals surface area contributed by atoms with Crippen molar-refractivity contribution in [3.63, 3.8) is 0 Å². The number of anilines is 1. The molecule has 34 heavy (non-hydrogen) atoms. The number of carbonyl (C=O) groups is 2. The van der Waals surface area contributed by atoms with Gasteiger partial charge in [0.2, 0.25) is 5.91 Å². The molecule has 0 unspecified atom stereocenters. The standard InChI is InChI=1S/C25H29N5O4/c1-15-12-18(8-9-26-15)23-22(28-21(29-23)14-27-24(32)34-25(3,4)5)17-6-7-20-19(13-17)30(16(2)31)10-11-33-20/h6-9,12-13H,10-11,14H2,1-5H3,(H,27,32)(H,28,29). The number of imidazole rings is 1. The number of ether oxygens (including phenoxy) is 2. The topological polar surface area (TPSA) is 109 Å². The molecular formula is C25H29N5O4. The average molecular weight is 464 g/mol. The first-order valence-corrected chi connectivity index (χ1v) is 11.1. The van der Waals surface area contributed by atoms with Gasteiger partial charge in [0.15, 0.2) is 0 Å². The lowest BCUT2D eigenvalue weighted by atomic mass is 10.0. The van der Waals surface area contributed by atoms with Crippen molar-refractivity contribution in [2.45, 2.75) is 46.8 Å². The van der Waals surface area contributed by atoms with E-state index in [0.29, 0.717) is 36.1 Å². The Balaban J connectivity index is 1.72. The second kappa shape index (κ2) is 9.17. The Morgan fingerprint density at radius 3 is 2.71 bits per heavy atom. The van der Waals surface area contributed by atoms with Crippen LogP contribution in [0.2, 0.25) is 0 Å². The number of hydrogen-bond donors (Lipinski definition) is 2. The molecule has 0 saturated carbocycles. The number of aryl methyl sites for hydroxylation is 1. The molecule has 9 heteroatoms. The van der Waals surface area contributed by atoms with Crippen LogP contribution >= 0.6 is 0 Å². The van der Waals surface area contributed by atoms with Crippen molar-refractivity contribution in [2.75, 3.05) is 18.1 Å². The van der Waals surface area contributed by atoms with E-state index in [4.69, 9.17) is 14.5 Å². The van der Waals surface area contributed by atoms with Gasteiger partial charge < -0.3 is 24.7 Å². The number of hydrogen-bond acceptors (Lipinski definition) is 6. The van der Waals surface area contributed by atoms with Crippen LogP contribution in [0.25, 0.3) is 22.5 Å². The molecule has 3 aromatic rings. The lowest BCUT2D eigenvalue weighted by Crippen LogP contribution is -2.36. The van der Waals surface area contributed by atoms with E-state index in [-0.39, 0.29) is 12.5 Å². The predicted molar refractivity (Wildman–Crippen MR) is 129 cm³/mol. The number of nitrogens with one attached hydrogen (secondary N) is 2. The highest BCUT2D eigenvalue weighted by Gasteiger charge is 2.24. The first-order chi connectivity index (χ1) is 16.1. The van der Waals surface area contributed by atoms with Crippen LogP contribution in [0.3, 0.4) is 0 Å². The first-order valence-electron chi connectivity index (χ1n) is 11.1. The van der Waals surface area contributed by atoms with E-state index in [2.05, 4.69) is 15.3 Å². The molecule has 2 aromatic heterocycles. The van der Waals surface area contributed by atoms with Gasteiger partial charge in [0.25, 0.3) is 0 Å². The zero-order valence-corrected chi connectivity index (χ0v) is 20.1. The third kappa shape index (κ3) is 5.19. The van der Waals surface area contributed by atoms with Gasteiger partial charge in [-0.05, 0) is 58.0 Å². The Hall–Kier alpha value is -3.88. The van der Waals surface area contributed by atoms with Crippen LogP contribution in [0.5, 0.6) is 5.75 Å². The maximum atomic E-state index is 12.2. The smallest absolute Gasteiger partial charge is 0.408 e. The summed E-state index contributed by atoms with van der Waals surface area (Å²) in [6.45, 7) is 10.0. The molecule has 4 rings (SSSR count). The first kappa shape index (κ1) is 23.3. The van der Waals surface area contributed by atoms with Gasteiger partial charge >= 0.3 is 6.09 Å². The average Bonchev–Trinajstić information content (AvgIpc) is 3.20. The Kier molecular flexibility index (Phi) is 6.28. The molecule has 0 bridgehead atoms. The summed E-state index contributed by atoms with van der Waals surface area (Å²) in [6, 6.07) is 9.55. The highest BCUT2D eigenvalue weighted by atomic mass is 16.6. The third-order valence-corrected chi connectivity index (χ3v) is 5.21. The zero-order valence-electron chi connectivity index (χ0n) is 20.1. The normalized spacial score (nSPS) is 13.1. The maximum Gasteiger partial charge on any atom is 0.408 e. The van der Waals surface area contributed by atoms with Crippen LogP contribution in [-0.2, 0) is 16.1 Å². The van der Waals surface area contributed by atoms with Crippen molar-refractivity contribution in [1.82, 2.24) is 20.3 Å². The minimum absolute atomic E-state index is 0.0454. The van der Waals surface area contributed by atoms with Gasteiger partial charge in [0, 0.05) is 29.9 Å². The summed E-state index contributed by atoms with van der Waals surface area (Å²) in [6.07, 6.45) is 1.22. The number of carbonyl (C=O) groups excluding carboxylic acids is 2. The van der Waals surface area contributed by atoms with Crippen LogP contribution in [0.1, 0.15) is 39.2 Å². The molecule has 1 aliphatic rings. The van der Waals surface area contributed by atoms with Gasteiger partial charge in [-0.15, -0.1) is 0 Å². The van der Waals surface area contributed by atoms with Crippen LogP contribution in [-0.4, -0.2) is 45.7 Å². The van der Waals surface area contributed by atoms with Crippen molar-refractivity contribution >= 4 is 17.7 Å². The fraction of sp³-hybridized carbons (Fsp3) is 0.360. The quantitative estimate of drug-likeness (QED) is 0.600. The highest BCUT2D eigenvalue weighted by molar-refractivity contribution is 5.95. The van der Waals surface area contributed by atoms with Gasteiger partial charge in [-0.2, -0.15) is 0 Å². The number of aromatic amines is 1. The van der Waals surface area contributed by atoms with Crippen molar-refractivity contribution < 1.29 is 19.1 Å². The Labute approximate surface area is 198 Å². The summed E-state index contributed by atoms with van der Waals surface area (Å²) in [7, 11) is 0. The number of pyridine rings is 1. The Morgan fingerprint density at radius 2 is 2.00 bits per heavy atom. The summed E-state index contributed by atoms with van der Waals surface area (Å²) < 4.78 is 11.1. The molecule has 1 aliphatic heterocycles. The van der Waals surface area contributed by atoms with E-state index in [9.17, 15) is 9.59 Å². The zero-order chi connectivity index (χ0) is 24.5. The Morgan fingerprint density at radius 1 is 1.21 bits per heavy atom.